The van der Waals surface area contributed by atoms with Gasteiger partial charge in [-0.1, -0.05) is 36.1 Å². The van der Waals surface area contributed by atoms with Crippen molar-refractivity contribution in [1.82, 2.24) is 14.4 Å². The molecule has 0 saturated carbocycles. The van der Waals surface area contributed by atoms with Crippen molar-refractivity contribution >= 4 is 45.5 Å². The monoisotopic (exact) mass is 588 g/mol. The number of aliphatic hydroxyl groups is 1. The second kappa shape index (κ2) is 11.1. The average Bonchev–Trinajstić information content (AvgIpc) is 3.60. The van der Waals surface area contributed by atoms with E-state index in [2.05, 4.69) is 16.5 Å². The largest absolute Gasteiger partial charge is 0.505 e. The number of hydrogen-bond acceptors (Lipinski definition) is 10. The summed E-state index contributed by atoms with van der Waals surface area (Å²) in [6, 6.07) is 6.93. The number of ketones is 1. The molecule has 4 heterocycles. The molecule has 12 heteroatoms. The van der Waals surface area contributed by atoms with Gasteiger partial charge in [-0.05, 0) is 57.0 Å². The molecule has 0 radical (unpaired) electrons. The van der Waals surface area contributed by atoms with Gasteiger partial charge in [-0.3, -0.25) is 14.5 Å². The van der Waals surface area contributed by atoms with E-state index in [4.69, 9.17) is 9.47 Å². The smallest absolute Gasteiger partial charge is 0.350 e. The van der Waals surface area contributed by atoms with E-state index in [0.717, 1.165) is 21.8 Å². The van der Waals surface area contributed by atoms with E-state index in [9.17, 15) is 24.6 Å². The first kappa shape index (κ1) is 28.6. The lowest BCUT2D eigenvalue weighted by Gasteiger charge is -2.23. The Morgan fingerprint density at radius 1 is 1.19 bits per heavy atom. The number of carbonyl (C=O) groups is 3. The molecule has 216 valence electrons. The maximum Gasteiger partial charge on any atom is 0.350 e. The predicted octanol–water partition coefficient (Wildman–Crippen LogP) is 4.79. The highest BCUT2D eigenvalue weighted by molar-refractivity contribution is 7.17. The molecule has 1 aromatic carbocycles. The van der Waals surface area contributed by atoms with E-state index < -0.39 is 29.5 Å². The SMILES string of the molecule is C=CCOC(=O)c1sc(N2C(=O)C(=O)/C(=C(/O)c3nc4c(C)cccn4c3C)C2c2ccc(O)c(OCC)c2)nc1C. The van der Waals surface area contributed by atoms with Crippen molar-refractivity contribution in [2.45, 2.75) is 33.7 Å². The number of Topliss-reactive ketones (excluding diaryl/α,β-unsaturated/α-hetero) is 1. The number of anilines is 1. The van der Waals surface area contributed by atoms with Crippen LogP contribution in [0.3, 0.4) is 0 Å². The van der Waals surface area contributed by atoms with Gasteiger partial charge in [0.15, 0.2) is 22.4 Å². The van der Waals surface area contributed by atoms with Crippen LogP contribution in [0.2, 0.25) is 0 Å². The Hall–Kier alpha value is -4.97. The molecule has 1 atom stereocenters. The fraction of sp³-hybridized carbons (Fsp3) is 0.233. The second-order valence-electron chi connectivity index (χ2n) is 9.56. The van der Waals surface area contributed by atoms with Crippen LogP contribution >= 0.6 is 11.3 Å². The highest BCUT2D eigenvalue weighted by Gasteiger charge is 2.49. The summed E-state index contributed by atoms with van der Waals surface area (Å²) in [4.78, 5) is 50.3. The maximum atomic E-state index is 13.7. The molecule has 0 spiro atoms. The van der Waals surface area contributed by atoms with E-state index in [0.29, 0.717) is 22.6 Å². The lowest BCUT2D eigenvalue weighted by Crippen LogP contribution is -2.29. The van der Waals surface area contributed by atoms with Gasteiger partial charge in [0.25, 0.3) is 5.78 Å². The van der Waals surface area contributed by atoms with Gasteiger partial charge in [-0.25, -0.2) is 14.8 Å². The van der Waals surface area contributed by atoms with Gasteiger partial charge in [-0.15, -0.1) is 0 Å². The third-order valence-electron chi connectivity index (χ3n) is 6.86. The number of aliphatic hydroxyl groups excluding tert-OH is 1. The van der Waals surface area contributed by atoms with Crippen LogP contribution in [0.1, 0.15) is 50.8 Å². The van der Waals surface area contributed by atoms with Gasteiger partial charge in [0.2, 0.25) is 0 Å². The van der Waals surface area contributed by atoms with Crippen LogP contribution < -0.4 is 9.64 Å². The number of nitrogens with zero attached hydrogens (tertiary/aromatic N) is 4. The Balaban J connectivity index is 1.74. The molecule has 5 rings (SSSR count). The Morgan fingerprint density at radius 3 is 2.64 bits per heavy atom. The minimum Gasteiger partial charge on any atom is -0.505 e. The van der Waals surface area contributed by atoms with Crippen LogP contribution in [0.25, 0.3) is 11.4 Å². The van der Waals surface area contributed by atoms with Crippen LogP contribution in [0.5, 0.6) is 11.5 Å². The van der Waals surface area contributed by atoms with Crippen LogP contribution in [0.4, 0.5) is 5.13 Å². The van der Waals surface area contributed by atoms with E-state index in [1.807, 2.05) is 19.1 Å². The number of esters is 1. The summed E-state index contributed by atoms with van der Waals surface area (Å²) in [5, 5.41) is 22.1. The van der Waals surface area contributed by atoms with Gasteiger partial charge in [-0.2, -0.15) is 0 Å². The van der Waals surface area contributed by atoms with Crippen LogP contribution in [-0.2, 0) is 14.3 Å². The lowest BCUT2D eigenvalue weighted by molar-refractivity contribution is -0.132. The Kier molecular flexibility index (Phi) is 7.57. The van der Waals surface area contributed by atoms with E-state index >= 15 is 0 Å². The summed E-state index contributed by atoms with van der Waals surface area (Å²) >= 11 is 0.884. The molecular weight excluding hydrogens is 560 g/mol. The number of aromatic nitrogens is 3. The minimum absolute atomic E-state index is 0.0123. The molecule has 0 aliphatic carbocycles. The molecule has 4 aromatic rings. The summed E-state index contributed by atoms with van der Waals surface area (Å²) in [7, 11) is 0. The number of thiazole rings is 1. The molecular formula is C30H28N4O7S. The summed E-state index contributed by atoms with van der Waals surface area (Å²) in [5.41, 5.74) is 2.58. The van der Waals surface area contributed by atoms with Crippen molar-refractivity contribution < 1.29 is 34.1 Å². The Labute approximate surface area is 245 Å². The number of aryl methyl sites for hydroxylation is 3. The van der Waals surface area contributed by atoms with Crippen LogP contribution in [0, 0.1) is 20.8 Å². The Morgan fingerprint density at radius 2 is 1.95 bits per heavy atom. The minimum atomic E-state index is -1.18. The van der Waals surface area contributed by atoms with Crippen molar-refractivity contribution in [1.29, 1.82) is 0 Å². The summed E-state index contributed by atoms with van der Waals surface area (Å²) < 4.78 is 12.5. The molecule has 11 nitrogen and oxygen atoms in total. The van der Waals surface area contributed by atoms with Crippen molar-refractivity contribution in [3.63, 3.8) is 0 Å². The lowest BCUT2D eigenvalue weighted by atomic mass is 9.96. The number of rotatable bonds is 8. The number of pyridine rings is 1. The number of phenolic OH excluding ortho intramolecular Hbond substituents is 1. The van der Waals surface area contributed by atoms with E-state index in [1.54, 1.807) is 31.4 Å². The summed E-state index contributed by atoms with van der Waals surface area (Å²) in [5.74, 6) is -3.04. The van der Waals surface area contributed by atoms with Crippen LogP contribution in [-0.4, -0.2) is 55.5 Å². The summed E-state index contributed by atoms with van der Waals surface area (Å²) in [6.07, 6.45) is 3.22. The van der Waals surface area contributed by atoms with Crippen molar-refractivity contribution in [3.8, 4) is 11.5 Å². The number of ether oxygens (including phenoxy) is 2. The highest BCUT2D eigenvalue weighted by Crippen LogP contribution is 2.45. The molecule has 1 unspecified atom stereocenters. The van der Waals surface area contributed by atoms with Crippen LogP contribution in [0.15, 0.2) is 54.8 Å². The zero-order valence-electron chi connectivity index (χ0n) is 23.4. The molecule has 1 fully saturated rings. The van der Waals surface area contributed by atoms with Crippen molar-refractivity contribution in [2.75, 3.05) is 18.1 Å². The number of amides is 1. The number of carbonyl (C=O) groups excluding carboxylic acids is 3. The van der Waals surface area contributed by atoms with Gasteiger partial charge in [0.1, 0.15) is 22.8 Å². The molecule has 1 saturated heterocycles. The van der Waals surface area contributed by atoms with Gasteiger partial charge in [0, 0.05) is 6.20 Å². The second-order valence-corrected chi connectivity index (χ2v) is 10.5. The normalized spacial score (nSPS) is 16.3. The molecule has 0 bridgehead atoms. The standard InChI is InChI=1S/C30H28N4O7S/c1-6-13-41-29(39)26-16(4)31-30(42-26)34-23(18-10-11-19(35)20(14-18)40-7-2)21(25(37)28(34)38)24(36)22-17(5)33-12-8-9-15(3)27(33)32-22/h6,8-12,14,23,35-36H,1,7,13H2,2-5H3/b24-21+. The fourth-order valence-corrected chi connectivity index (χ4v) is 5.85. The molecule has 1 amide bonds. The number of phenols is 1. The average molecular weight is 589 g/mol. The van der Waals surface area contributed by atoms with E-state index in [-0.39, 0.29) is 46.0 Å². The molecule has 1 aliphatic heterocycles. The number of fused-ring (bicyclic) bond motifs is 1. The number of aromatic hydroxyl groups is 1. The molecule has 3 aromatic heterocycles. The van der Waals surface area contributed by atoms with E-state index in [1.165, 1.54) is 24.3 Å². The first-order valence-electron chi connectivity index (χ1n) is 13.1. The topological polar surface area (TPSA) is 144 Å². The first-order valence-corrected chi connectivity index (χ1v) is 13.9. The van der Waals surface area contributed by atoms with Crippen molar-refractivity contribution in [3.05, 3.63) is 87.8 Å². The number of hydrogen-bond donors (Lipinski definition) is 2. The highest BCUT2D eigenvalue weighted by atomic mass is 32.1. The number of benzene rings is 1. The maximum absolute atomic E-state index is 13.7. The molecule has 1 aliphatic rings. The third kappa shape index (κ3) is 4.69. The zero-order chi connectivity index (χ0) is 30.3. The van der Waals surface area contributed by atoms with Gasteiger partial charge < -0.3 is 24.1 Å². The predicted molar refractivity (Wildman–Crippen MR) is 156 cm³/mol. The molecule has 2 N–H and O–H groups in total. The summed E-state index contributed by atoms with van der Waals surface area (Å²) in [6.45, 7) is 10.7. The first-order chi connectivity index (χ1) is 20.1. The quantitative estimate of drug-likeness (QED) is 0.0976. The van der Waals surface area contributed by atoms with Gasteiger partial charge >= 0.3 is 11.9 Å². The number of imidazole rings is 1. The van der Waals surface area contributed by atoms with Gasteiger partial charge in [0.05, 0.1) is 29.6 Å². The fourth-order valence-electron chi connectivity index (χ4n) is 4.87. The molecule has 42 heavy (non-hydrogen) atoms. The van der Waals surface area contributed by atoms with Crippen molar-refractivity contribution in [2.24, 2.45) is 0 Å². The Bertz CT molecular complexity index is 1800. The third-order valence-corrected chi connectivity index (χ3v) is 8.00. The zero-order valence-corrected chi connectivity index (χ0v) is 24.2.